The summed E-state index contributed by atoms with van der Waals surface area (Å²) in [4.78, 5) is 4.08. The number of nitrogens with one attached hydrogen (secondary N) is 1. The van der Waals surface area contributed by atoms with Crippen LogP contribution >= 0.6 is 0 Å². The van der Waals surface area contributed by atoms with E-state index in [1.54, 1.807) is 0 Å². The van der Waals surface area contributed by atoms with Crippen molar-refractivity contribution in [2.24, 2.45) is 0 Å². The van der Waals surface area contributed by atoms with Crippen molar-refractivity contribution in [2.45, 2.75) is 24.3 Å². The summed E-state index contributed by atoms with van der Waals surface area (Å²) in [5, 5.41) is 3.60. The second kappa shape index (κ2) is 3.58. The van der Waals surface area contributed by atoms with Gasteiger partial charge in [-0.15, -0.1) is 0 Å². The Morgan fingerprint density at radius 1 is 1.33 bits per heavy atom. The molecule has 1 aromatic rings. The van der Waals surface area contributed by atoms with Crippen molar-refractivity contribution in [1.82, 2.24) is 10.3 Å². The molecule has 80 valence electrons. The summed E-state index contributed by atoms with van der Waals surface area (Å²) in [6, 6.07) is 4.85. The fraction of sp³-hybridized carbons (Fsp3) is 0.583. The van der Waals surface area contributed by atoms with Crippen LogP contribution < -0.4 is 5.32 Å². The van der Waals surface area contributed by atoms with Crippen molar-refractivity contribution in [3.05, 3.63) is 30.1 Å². The van der Waals surface area contributed by atoms with Gasteiger partial charge in [-0.25, -0.2) is 0 Å². The highest BCUT2D eigenvalue weighted by molar-refractivity contribution is 5.29. The van der Waals surface area contributed by atoms with Gasteiger partial charge in [0.2, 0.25) is 0 Å². The van der Waals surface area contributed by atoms with Crippen LogP contribution in [0.15, 0.2) is 24.5 Å². The van der Waals surface area contributed by atoms with E-state index in [0.29, 0.717) is 6.04 Å². The summed E-state index contributed by atoms with van der Waals surface area (Å²) in [6.07, 6.45) is 6.32. The Morgan fingerprint density at radius 2 is 2.13 bits per heavy atom. The highest BCUT2D eigenvalue weighted by atomic mass is 16.5. The number of pyridine rings is 1. The van der Waals surface area contributed by atoms with Crippen LogP contribution in [0.5, 0.6) is 0 Å². The molecular formula is C12H16N2O. The second-order valence-corrected chi connectivity index (χ2v) is 4.53. The molecule has 0 aromatic carbocycles. The molecule has 3 heteroatoms. The first-order chi connectivity index (χ1) is 7.42. The smallest absolute Gasteiger partial charge is 0.0600 e. The summed E-state index contributed by atoms with van der Waals surface area (Å²) in [5.74, 6) is 0. The minimum Gasteiger partial charge on any atom is -0.379 e. The van der Waals surface area contributed by atoms with Gasteiger partial charge in [0.05, 0.1) is 18.6 Å². The average molecular weight is 204 g/mol. The van der Waals surface area contributed by atoms with Gasteiger partial charge in [-0.1, -0.05) is 0 Å². The van der Waals surface area contributed by atoms with E-state index in [0.717, 1.165) is 19.8 Å². The fourth-order valence-electron chi connectivity index (χ4n) is 2.73. The Hall–Kier alpha value is -0.930. The highest BCUT2D eigenvalue weighted by Gasteiger charge is 2.47. The van der Waals surface area contributed by atoms with Crippen molar-refractivity contribution in [2.75, 3.05) is 19.8 Å². The van der Waals surface area contributed by atoms with Gasteiger partial charge in [0.1, 0.15) is 0 Å². The van der Waals surface area contributed by atoms with E-state index in [4.69, 9.17) is 4.74 Å². The Balaban J connectivity index is 1.92. The lowest BCUT2D eigenvalue weighted by molar-refractivity contribution is -0.0761. The Labute approximate surface area is 89.9 Å². The van der Waals surface area contributed by atoms with E-state index in [9.17, 15) is 0 Å². The number of nitrogens with zero attached hydrogens (tertiary/aromatic N) is 1. The lowest BCUT2D eigenvalue weighted by Crippen LogP contribution is -2.58. The first-order valence-corrected chi connectivity index (χ1v) is 5.63. The molecule has 0 spiro atoms. The molecule has 1 atom stereocenters. The van der Waals surface area contributed by atoms with Crippen LogP contribution in [0.25, 0.3) is 0 Å². The zero-order valence-electron chi connectivity index (χ0n) is 8.78. The third-order valence-corrected chi connectivity index (χ3v) is 3.70. The van der Waals surface area contributed by atoms with Crippen LogP contribution in [0.4, 0.5) is 0 Å². The third-order valence-electron chi connectivity index (χ3n) is 3.70. The maximum Gasteiger partial charge on any atom is 0.0600 e. The van der Waals surface area contributed by atoms with Gasteiger partial charge in [-0.2, -0.15) is 0 Å². The molecule has 3 rings (SSSR count). The van der Waals surface area contributed by atoms with Gasteiger partial charge in [-0.05, 0) is 37.1 Å². The maximum absolute atomic E-state index is 5.44. The van der Waals surface area contributed by atoms with Crippen molar-refractivity contribution in [1.29, 1.82) is 0 Å². The maximum atomic E-state index is 5.44. The van der Waals surface area contributed by atoms with Gasteiger partial charge in [0.25, 0.3) is 0 Å². The number of hydrogen-bond acceptors (Lipinski definition) is 3. The van der Waals surface area contributed by atoms with Gasteiger partial charge in [0.15, 0.2) is 0 Å². The quantitative estimate of drug-likeness (QED) is 0.783. The van der Waals surface area contributed by atoms with Crippen molar-refractivity contribution < 1.29 is 4.74 Å². The van der Waals surface area contributed by atoms with Gasteiger partial charge in [-0.3, -0.25) is 4.98 Å². The summed E-state index contributed by atoms with van der Waals surface area (Å²) < 4.78 is 5.44. The van der Waals surface area contributed by atoms with E-state index in [-0.39, 0.29) is 5.41 Å². The molecule has 15 heavy (non-hydrogen) atoms. The molecule has 2 aliphatic heterocycles. The summed E-state index contributed by atoms with van der Waals surface area (Å²) >= 11 is 0. The zero-order chi connectivity index (χ0) is 10.1. The Kier molecular flexibility index (Phi) is 2.22. The van der Waals surface area contributed by atoms with E-state index < -0.39 is 0 Å². The Morgan fingerprint density at radius 3 is 2.67 bits per heavy atom. The predicted octanol–water partition coefficient (Wildman–Crippen LogP) is 1.10. The molecule has 0 aliphatic carbocycles. The third kappa shape index (κ3) is 1.38. The fourth-order valence-corrected chi connectivity index (χ4v) is 2.73. The predicted molar refractivity (Wildman–Crippen MR) is 57.8 cm³/mol. The Bertz CT molecular complexity index is 329. The minimum absolute atomic E-state index is 0.222. The molecule has 1 unspecified atom stereocenters. The van der Waals surface area contributed by atoms with E-state index in [1.807, 2.05) is 12.4 Å². The van der Waals surface area contributed by atoms with Gasteiger partial charge >= 0.3 is 0 Å². The molecule has 2 aliphatic rings. The monoisotopic (exact) mass is 204 g/mol. The number of ether oxygens (including phenoxy) is 1. The average Bonchev–Trinajstić information content (AvgIpc) is 2.72. The first kappa shape index (κ1) is 9.31. The second-order valence-electron chi connectivity index (χ2n) is 4.53. The molecule has 1 aromatic heterocycles. The van der Waals surface area contributed by atoms with E-state index in [2.05, 4.69) is 22.4 Å². The minimum atomic E-state index is 0.222. The van der Waals surface area contributed by atoms with Crippen LogP contribution in [0, 0.1) is 0 Å². The van der Waals surface area contributed by atoms with Crippen LogP contribution in [-0.2, 0) is 10.2 Å². The molecule has 2 fully saturated rings. The van der Waals surface area contributed by atoms with Crippen molar-refractivity contribution in [3.8, 4) is 0 Å². The SMILES string of the molecule is c1cc(C2(C3CCCN3)COC2)ccn1. The lowest BCUT2D eigenvalue weighted by Gasteiger charge is -2.46. The van der Waals surface area contributed by atoms with E-state index in [1.165, 1.54) is 18.4 Å². The van der Waals surface area contributed by atoms with Crippen molar-refractivity contribution >= 4 is 0 Å². The molecule has 0 bridgehead atoms. The largest absolute Gasteiger partial charge is 0.379 e. The number of aromatic nitrogens is 1. The number of rotatable bonds is 2. The summed E-state index contributed by atoms with van der Waals surface area (Å²) in [5.41, 5.74) is 1.60. The topological polar surface area (TPSA) is 34.1 Å². The summed E-state index contributed by atoms with van der Waals surface area (Å²) in [6.45, 7) is 2.86. The molecule has 1 N–H and O–H groups in total. The molecule has 0 radical (unpaired) electrons. The van der Waals surface area contributed by atoms with Gasteiger partial charge < -0.3 is 10.1 Å². The first-order valence-electron chi connectivity index (χ1n) is 5.63. The number of hydrogen-bond donors (Lipinski definition) is 1. The normalized spacial score (nSPS) is 28.7. The van der Waals surface area contributed by atoms with Crippen LogP contribution in [0.1, 0.15) is 18.4 Å². The lowest BCUT2D eigenvalue weighted by atomic mass is 9.72. The van der Waals surface area contributed by atoms with E-state index >= 15 is 0 Å². The molecule has 0 saturated carbocycles. The molecule has 3 heterocycles. The van der Waals surface area contributed by atoms with Crippen LogP contribution in [0.2, 0.25) is 0 Å². The molecule has 0 amide bonds. The highest BCUT2D eigenvalue weighted by Crippen LogP contribution is 2.38. The standard InChI is InChI=1S/C12H16N2O/c1-2-11(14-5-1)12(8-15-9-12)10-3-6-13-7-4-10/h3-4,6-7,11,14H,1-2,5,8-9H2. The van der Waals surface area contributed by atoms with Gasteiger partial charge in [0, 0.05) is 18.4 Å². The summed E-state index contributed by atoms with van der Waals surface area (Å²) in [7, 11) is 0. The van der Waals surface area contributed by atoms with Crippen molar-refractivity contribution in [3.63, 3.8) is 0 Å². The zero-order valence-corrected chi connectivity index (χ0v) is 8.78. The molecule has 3 nitrogen and oxygen atoms in total. The molecule has 2 saturated heterocycles. The van der Waals surface area contributed by atoms with Crippen LogP contribution in [0.3, 0.4) is 0 Å². The van der Waals surface area contributed by atoms with Crippen LogP contribution in [-0.4, -0.2) is 30.8 Å². The molecular weight excluding hydrogens is 188 g/mol.